The van der Waals surface area contributed by atoms with Crippen LogP contribution in [0.2, 0.25) is 0 Å². The van der Waals surface area contributed by atoms with Crippen molar-refractivity contribution in [3.8, 4) is 0 Å². The van der Waals surface area contributed by atoms with E-state index in [9.17, 15) is 9.59 Å². The minimum absolute atomic E-state index is 0.0233. The van der Waals surface area contributed by atoms with E-state index in [-0.39, 0.29) is 29.6 Å². The average molecular weight is 242 g/mol. The topological polar surface area (TPSA) is 58.2 Å². The highest BCUT2D eigenvalue weighted by molar-refractivity contribution is 5.88. The molecule has 100 valence electrons. The van der Waals surface area contributed by atoms with Crippen LogP contribution in [-0.4, -0.2) is 24.9 Å². The number of amides is 2. The molecular formula is C13H26N2O2. The van der Waals surface area contributed by atoms with Crippen LogP contribution in [0, 0.1) is 17.8 Å². The zero-order chi connectivity index (χ0) is 13.6. The molecule has 4 nitrogen and oxygen atoms in total. The fourth-order valence-corrected chi connectivity index (χ4v) is 1.91. The largest absolute Gasteiger partial charge is 0.357 e. The van der Waals surface area contributed by atoms with Gasteiger partial charge in [0.1, 0.15) is 6.04 Å². The van der Waals surface area contributed by atoms with Crippen molar-refractivity contribution in [1.29, 1.82) is 0 Å². The molecule has 0 aromatic heterocycles. The Bertz CT molecular complexity index is 262. The van der Waals surface area contributed by atoms with Gasteiger partial charge in [0.25, 0.3) is 0 Å². The zero-order valence-electron chi connectivity index (χ0n) is 11.8. The number of likely N-dealkylation sites (N-methyl/N-ethyl adjacent to an activating group) is 1. The molecule has 0 aromatic carbocycles. The molecule has 0 saturated carbocycles. The number of rotatable bonds is 6. The van der Waals surface area contributed by atoms with Crippen LogP contribution in [0.1, 0.15) is 41.0 Å². The fraction of sp³-hybridized carbons (Fsp3) is 0.846. The number of hydrogen-bond acceptors (Lipinski definition) is 2. The van der Waals surface area contributed by atoms with E-state index in [0.717, 1.165) is 6.42 Å². The smallest absolute Gasteiger partial charge is 0.242 e. The molecular weight excluding hydrogens is 216 g/mol. The Kier molecular flexibility index (Phi) is 6.85. The van der Waals surface area contributed by atoms with Crippen LogP contribution in [0.4, 0.5) is 0 Å². The lowest BCUT2D eigenvalue weighted by atomic mass is 9.91. The maximum atomic E-state index is 12.1. The predicted octanol–water partition coefficient (Wildman–Crippen LogP) is 1.56. The number of nitrogens with one attached hydrogen (secondary N) is 2. The van der Waals surface area contributed by atoms with E-state index >= 15 is 0 Å². The lowest BCUT2D eigenvalue weighted by Gasteiger charge is -2.25. The Morgan fingerprint density at radius 3 is 1.82 bits per heavy atom. The van der Waals surface area contributed by atoms with E-state index in [0.29, 0.717) is 0 Å². The molecule has 0 saturated heterocycles. The van der Waals surface area contributed by atoms with Crippen molar-refractivity contribution in [1.82, 2.24) is 10.6 Å². The van der Waals surface area contributed by atoms with Gasteiger partial charge in [0.05, 0.1) is 0 Å². The second kappa shape index (κ2) is 7.30. The molecule has 0 bridgehead atoms. The summed E-state index contributed by atoms with van der Waals surface area (Å²) in [6.45, 7) is 9.90. The first-order valence-electron chi connectivity index (χ1n) is 6.37. The first kappa shape index (κ1) is 15.9. The van der Waals surface area contributed by atoms with Crippen molar-refractivity contribution in [2.24, 2.45) is 17.8 Å². The van der Waals surface area contributed by atoms with Crippen molar-refractivity contribution >= 4 is 11.8 Å². The van der Waals surface area contributed by atoms with Gasteiger partial charge in [-0.1, -0.05) is 34.6 Å². The number of hydrogen-bond donors (Lipinski definition) is 2. The first-order valence-corrected chi connectivity index (χ1v) is 6.37. The van der Waals surface area contributed by atoms with Gasteiger partial charge in [-0.05, 0) is 18.3 Å². The Morgan fingerprint density at radius 1 is 1.00 bits per heavy atom. The van der Waals surface area contributed by atoms with E-state index in [1.807, 2.05) is 34.6 Å². The summed E-state index contributed by atoms with van der Waals surface area (Å²) in [4.78, 5) is 23.7. The van der Waals surface area contributed by atoms with Crippen molar-refractivity contribution in [3.05, 3.63) is 0 Å². The lowest BCUT2D eigenvalue weighted by Crippen LogP contribution is -2.50. The molecule has 2 atom stereocenters. The Morgan fingerprint density at radius 2 is 1.53 bits per heavy atom. The quantitative estimate of drug-likeness (QED) is 0.742. The van der Waals surface area contributed by atoms with Crippen molar-refractivity contribution in [3.63, 3.8) is 0 Å². The van der Waals surface area contributed by atoms with Gasteiger partial charge in [-0.15, -0.1) is 0 Å². The van der Waals surface area contributed by atoms with Crippen LogP contribution < -0.4 is 10.6 Å². The molecule has 0 unspecified atom stereocenters. The maximum Gasteiger partial charge on any atom is 0.242 e. The Labute approximate surface area is 105 Å². The summed E-state index contributed by atoms with van der Waals surface area (Å²) < 4.78 is 0. The summed E-state index contributed by atoms with van der Waals surface area (Å²) in [7, 11) is 1.59. The molecule has 0 aliphatic heterocycles. The predicted molar refractivity (Wildman–Crippen MR) is 69.5 cm³/mol. The highest BCUT2D eigenvalue weighted by Gasteiger charge is 2.27. The van der Waals surface area contributed by atoms with Gasteiger partial charge < -0.3 is 10.6 Å². The van der Waals surface area contributed by atoms with E-state index < -0.39 is 6.04 Å². The van der Waals surface area contributed by atoms with Crippen LogP contribution >= 0.6 is 0 Å². The average Bonchev–Trinajstić information content (AvgIpc) is 2.24. The van der Waals surface area contributed by atoms with Gasteiger partial charge >= 0.3 is 0 Å². The summed E-state index contributed by atoms with van der Waals surface area (Å²) in [6, 6.07) is -0.444. The van der Waals surface area contributed by atoms with Gasteiger partial charge in [0.2, 0.25) is 11.8 Å². The fourth-order valence-electron chi connectivity index (χ4n) is 1.91. The summed E-state index contributed by atoms with van der Waals surface area (Å²) in [6.07, 6.45) is 0.794. The summed E-state index contributed by atoms with van der Waals surface area (Å²) >= 11 is 0. The van der Waals surface area contributed by atoms with E-state index in [2.05, 4.69) is 10.6 Å². The molecule has 0 spiro atoms. The molecule has 17 heavy (non-hydrogen) atoms. The normalized spacial score (nSPS) is 14.6. The van der Waals surface area contributed by atoms with Crippen LogP contribution in [-0.2, 0) is 9.59 Å². The molecule has 0 fully saturated rings. The van der Waals surface area contributed by atoms with Gasteiger partial charge in [0.15, 0.2) is 0 Å². The Hall–Kier alpha value is -1.06. The first-order chi connectivity index (χ1) is 7.84. The third-order valence-corrected chi connectivity index (χ3v) is 3.07. The molecule has 0 rings (SSSR count). The summed E-state index contributed by atoms with van der Waals surface area (Å²) in [5.41, 5.74) is 0. The molecule has 0 aliphatic carbocycles. The lowest BCUT2D eigenvalue weighted by molar-refractivity contribution is -0.132. The van der Waals surface area contributed by atoms with Crippen LogP contribution in [0.5, 0.6) is 0 Å². The molecule has 2 N–H and O–H groups in total. The van der Waals surface area contributed by atoms with Crippen LogP contribution in [0.15, 0.2) is 0 Å². The second-order valence-corrected chi connectivity index (χ2v) is 5.10. The molecule has 2 amide bonds. The zero-order valence-corrected chi connectivity index (χ0v) is 11.8. The van der Waals surface area contributed by atoms with Gasteiger partial charge in [0, 0.05) is 13.0 Å². The molecule has 0 radical (unpaired) electrons. The van der Waals surface area contributed by atoms with Gasteiger partial charge in [-0.25, -0.2) is 0 Å². The van der Waals surface area contributed by atoms with Crippen LogP contribution in [0.25, 0.3) is 0 Å². The van der Waals surface area contributed by atoms with E-state index in [1.54, 1.807) is 7.05 Å². The molecule has 0 aromatic rings. The minimum atomic E-state index is -0.444. The van der Waals surface area contributed by atoms with Crippen molar-refractivity contribution in [2.45, 2.75) is 47.1 Å². The van der Waals surface area contributed by atoms with Crippen molar-refractivity contribution in [2.75, 3.05) is 7.05 Å². The molecule has 0 aliphatic rings. The second-order valence-electron chi connectivity index (χ2n) is 5.10. The highest BCUT2D eigenvalue weighted by Crippen LogP contribution is 2.15. The highest BCUT2D eigenvalue weighted by atomic mass is 16.2. The number of carbonyl (C=O) groups excluding carboxylic acids is 2. The van der Waals surface area contributed by atoms with Crippen LogP contribution in [0.3, 0.4) is 0 Å². The third-order valence-electron chi connectivity index (χ3n) is 3.07. The summed E-state index contributed by atoms with van der Waals surface area (Å²) in [5, 5.41) is 5.43. The van der Waals surface area contributed by atoms with Gasteiger partial charge in [-0.3, -0.25) is 9.59 Å². The maximum absolute atomic E-state index is 12.1. The number of carbonyl (C=O) groups is 2. The van der Waals surface area contributed by atoms with E-state index in [1.165, 1.54) is 0 Å². The Balaban J connectivity index is 4.65. The minimum Gasteiger partial charge on any atom is -0.357 e. The van der Waals surface area contributed by atoms with E-state index in [4.69, 9.17) is 0 Å². The third kappa shape index (κ3) is 4.75. The standard InChI is InChI=1S/C13H26N2O2/c1-7-10(8(2)3)12(16)15-11(9(4)5)13(17)14-6/h8-11H,7H2,1-6H3,(H,14,17)(H,15,16)/t10-,11-/m0/s1. The molecule has 0 heterocycles. The summed E-state index contributed by atoms with van der Waals surface area (Å²) in [5.74, 6) is 0.193. The SMILES string of the molecule is CC[C@H](C(=O)N[C@H](C(=O)NC)C(C)C)C(C)C. The van der Waals surface area contributed by atoms with Gasteiger partial charge in [-0.2, -0.15) is 0 Å². The molecule has 4 heteroatoms. The van der Waals surface area contributed by atoms with Crippen molar-refractivity contribution < 1.29 is 9.59 Å². The monoisotopic (exact) mass is 242 g/mol.